The quantitative estimate of drug-likeness (QED) is 0.575. The van der Waals surface area contributed by atoms with E-state index < -0.39 is 9.84 Å². The maximum absolute atomic E-state index is 13.4. The average Bonchev–Trinajstić information content (AvgIpc) is 3.20. The minimum absolute atomic E-state index is 0.0514. The first-order valence-electron chi connectivity index (χ1n) is 10.1. The van der Waals surface area contributed by atoms with Gasteiger partial charge in [0.25, 0.3) is 5.91 Å². The van der Waals surface area contributed by atoms with Crippen molar-refractivity contribution < 1.29 is 13.2 Å². The lowest BCUT2D eigenvalue weighted by atomic mass is 10.2. The Morgan fingerprint density at radius 2 is 2.03 bits per heavy atom. The van der Waals surface area contributed by atoms with E-state index in [1.807, 2.05) is 46.8 Å². The normalized spacial score (nSPS) is 20.7. The third kappa shape index (κ3) is 3.65. The second-order valence-electron chi connectivity index (χ2n) is 8.16. The Morgan fingerprint density at radius 3 is 2.70 bits per heavy atom. The lowest BCUT2D eigenvalue weighted by Gasteiger charge is -2.27. The van der Waals surface area contributed by atoms with Gasteiger partial charge in [-0.1, -0.05) is 29.8 Å². The summed E-state index contributed by atoms with van der Waals surface area (Å²) in [6, 6.07) is 9.54. The highest BCUT2D eigenvalue weighted by molar-refractivity contribution is 7.91. The van der Waals surface area contributed by atoms with Gasteiger partial charge in [0, 0.05) is 22.5 Å². The van der Waals surface area contributed by atoms with Gasteiger partial charge >= 0.3 is 0 Å². The maximum atomic E-state index is 13.4. The van der Waals surface area contributed by atoms with Crippen LogP contribution in [-0.2, 0) is 16.4 Å². The Kier molecular flexibility index (Phi) is 4.91. The highest BCUT2D eigenvalue weighted by Gasteiger charge is 2.42. The molecule has 0 spiro atoms. The molecule has 2 aromatic heterocycles. The van der Waals surface area contributed by atoms with Gasteiger partial charge in [-0.3, -0.25) is 9.48 Å². The third-order valence-electron chi connectivity index (χ3n) is 5.87. The number of nitrogens with zero attached hydrogens (tertiary/aromatic N) is 3. The fourth-order valence-corrected chi connectivity index (χ4v) is 7.23. The molecule has 5 rings (SSSR count). The molecule has 1 saturated carbocycles. The first-order valence-corrected chi connectivity index (χ1v) is 13.1. The second-order valence-corrected chi connectivity index (χ2v) is 11.8. The lowest BCUT2D eigenvalue weighted by molar-refractivity contribution is 0.0686. The van der Waals surface area contributed by atoms with Crippen molar-refractivity contribution in [2.45, 2.75) is 44.8 Å². The van der Waals surface area contributed by atoms with E-state index in [2.05, 4.69) is 5.10 Å². The molecule has 3 aromatic rings. The number of hydrogen-bond acceptors (Lipinski definition) is 5. The van der Waals surface area contributed by atoms with Crippen LogP contribution in [0.1, 0.15) is 40.2 Å². The summed E-state index contributed by atoms with van der Waals surface area (Å²) in [5.41, 5.74) is 1.84. The van der Waals surface area contributed by atoms with Gasteiger partial charge in [-0.05, 0) is 43.9 Å². The highest BCUT2D eigenvalue weighted by Crippen LogP contribution is 2.36. The van der Waals surface area contributed by atoms with Crippen LogP contribution < -0.4 is 0 Å². The molecule has 1 atom stereocenters. The molecule has 158 valence electrons. The van der Waals surface area contributed by atoms with Gasteiger partial charge < -0.3 is 4.90 Å². The standard InChI is InChI=1S/C21H22ClN3O3S2/c1-13-17-10-19(20(26)25(15-6-7-15)16-8-9-30(27,28)12-16)29-21(17)24(23-13)11-14-4-2-3-5-18(14)22/h2-5,10,15-16H,6-9,11-12H2,1H3. The van der Waals surface area contributed by atoms with Crippen molar-refractivity contribution in [3.05, 3.63) is 51.5 Å². The fourth-order valence-electron chi connectivity index (χ4n) is 4.22. The van der Waals surface area contributed by atoms with E-state index in [0.29, 0.717) is 22.9 Å². The zero-order valence-corrected chi connectivity index (χ0v) is 18.9. The van der Waals surface area contributed by atoms with Crippen molar-refractivity contribution >= 4 is 48.9 Å². The van der Waals surface area contributed by atoms with Crippen LogP contribution in [0.25, 0.3) is 10.2 Å². The van der Waals surface area contributed by atoms with Gasteiger partial charge in [0.1, 0.15) is 4.83 Å². The van der Waals surface area contributed by atoms with Crippen molar-refractivity contribution in [2.24, 2.45) is 0 Å². The van der Waals surface area contributed by atoms with Crippen LogP contribution in [0.4, 0.5) is 0 Å². The molecule has 1 unspecified atom stereocenters. The van der Waals surface area contributed by atoms with Crippen LogP contribution in [0.2, 0.25) is 5.02 Å². The van der Waals surface area contributed by atoms with E-state index >= 15 is 0 Å². The summed E-state index contributed by atoms with van der Waals surface area (Å²) in [7, 11) is -3.04. The molecule has 1 aliphatic carbocycles. The number of carbonyl (C=O) groups is 1. The first-order chi connectivity index (χ1) is 14.3. The average molecular weight is 464 g/mol. The summed E-state index contributed by atoms with van der Waals surface area (Å²) >= 11 is 7.75. The summed E-state index contributed by atoms with van der Waals surface area (Å²) in [5.74, 6) is 0.204. The predicted octanol–water partition coefficient (Wildman–Crippen LogP) is 3.90. The Morgan fingerprint density at radius 1 is 1.27 bits per heavy atom. The maximum Gasteiger partial charge on any atom is 0.264 e. The van der Waals surface area contributed by atoms with Crippen molar-refractivity contribution in [1.82, 2.24) is 14.7 Å². The number of aromatic nitrogens is 2. The van der Waals surface area contributed by atoms with E-state index in [0.717, 1.165) is 34.3 Å². The van der Waals surface area contributed by atoms with Crippen LogP contribution in [-0.4, -0.2) is 52.6 Å². The van der Waals surface area contributed by atoms with Crippen LogP contribution in [0.3, 0.4) is 0 Å². The molecule has 0 bridgehead atoms. The molecule has 9 heteroatoms. The van der Waals surface area contributed by atoms with Crippen LogP contribution in [0, 0.1) is 6.92 Å². The van der Waals surface area contributed by atoms with Crippen molar-refractivity contribution in [1.29, 1.82) is 0 Å². The monoisotopic (exact) mass is 463 g/mol. The molecule has 30 heavy (non-hydrogen) atoms. The molecule has 1 aromatic carbocycles. The minimum atomic E-state index is -3.04. The Hall–Kier alpha value is -1.90. The summed E-state index contributed by atoms with van der Waals surface area (Å²) < 4.78 is 25.9. The fraction of sp³-hybridized carbons (Fsp3) is 0.429. The SMILES string of the molecule is Cc1nn(Cc2ccccc2Cl)c2sc(C(=O)N(C3CC3)C3CCS(=O)(=O)C3)cc12. The number of aryl methyl sites for hydroxylation is 1. The summed E-state index contributed by atoms with van der Waals surface area (Å²) in [5, 5.41) is 6.29. The summed E-state index contributed by atoms with van der Waals surface area (Å²) in [6.45, 7) is 2.47. The van der Waals surface area contributed by atoms with Crippen LogP contribution >= 0.6 is 22.9 Å². The predicted molar refractivity (Wildman–Crippen MR) is 119 cm³/mol. The number of rotatable bonds is 5. The summed E-state index contributed by atoms with van der Waals surface area (Å²) in [4.78, 5) is 16.8. The largest absolute Gasteiger partial charge is 0.331 e. The second kappa shape index (κ2) is 7.35. The third-order valence-corrected chi connectivity index (χ3v) is 9.13. The van der Waals surface area contributed by atoms with Gasteiger partial charge in [0.05, 0.1) is 28.6 Å². The van der Waals surface area contributed by atoms with E-state index in [-0.39, 0.29) is 29.5 Å². The first kappa shape index (κ1) is 20.0. The zero-order chi connectivity index (χ0) is 21.0. The summed E-state index contributed by atoms with van der Waals surface area (Å²) in [6.07, 6.45) is 2.44. The number of hydrogen-bond donors (Lipinski definition) is 0. The van der Waals surface area contributed by atoms with Gasteiger partial charge in [0.2, 0.25) is 0 Å². The topological polar surface area (TPSA) is 72.3 Å². The molecule has 1 saturated heterocycles. The Bertz CT molecular complexity index is 1240. The number of thiophene rings is 1. The smallest absolute Gasteiger partial charge is 0.264 e. The van der Waals surface area contributed by atoms with Crippen molar-refractivity contribution in [3.63, 3.8) is 0 Å². The number of halogens is 1. The molecule has 3 heterocycles. The van der Waals surface area contributed by atoms with E-state index in [1.165, 1.54) is 11.3 Å². The molecule has 0 N–H and O–H groups in total. The number of amides is 1. The van der Waals surface area contributed by atoms with E-state index in [1.54, 1.807) is 0 Å². The minimum Gasteiger partial charge on any atom is -0.331 e. The Labute approximate surface area is 184 Å². The molecular formula is C21H22ClN3O3S2. The highest BCUT2D eigenvalue weighted by atomic mass is 35.5. The molecule has 2 fully saturated rings. The number of sulfone groups is 1. The van der Waals surface area contributed by atoms with Crippen LogP contribution in [0.5, 0.6) is 0 Å². The molecular weight excluding hydrogens is 442 g/mol. The van der Waals surface area contributed by atoms with Gasteiger partial charge in [0.15, 0.2) is 9.84 Å². The number of carbonyl (C=O) groups excluding carboxylic acids is 1. The van der Waals surface area contributed by atoms with Gasteiger partial charge in [-0.2, -0.15) is 5.10 Å². The van der Waals surface area contributed by atoms with Gasteiger partial charge in [-0.25, -0.2) is 8.42 Å². The molecule has 6 nitrogen and oxygen atoms in total. The van der Waals surface area contributed by atoms with Crippen molar-refractivity contribution in [2.75, 3.05) is 11.5 Å². The molecule has 1 aliphatic heterocycles. The lowest BCUT2D eigenvalue weighted by Crippen LogP contribution is -2.42. The van der Waals surface area contributed by atoms with Gasteiger partial charge in [-0.15, -0.1) is 11.3 Å². The Balaban J connectivity index is 1.47. The zero-order valence-electron chi connectivity index (χ0n) is 16.5. The van der Waals surface area contributed by atoms with E-state index in [4.69, 9.17) is 11.6 Å². The number of fused-ring (bicyclic) bond motifs is 1. The van der Waals surface area contributed by atoms with Crippen LogP contribution in [0.15, 0.2) is 30.3 Å². The number of benzene rings is 1. The van der Waals surface area contributed by atoms with E-state index in [9.17, 15) is 13.2 Å². The molecule has 1 amide bonds. The molecule has 0 radical (unpaired) electrons. The molecule has 2 aliphatic rings. The van der Waals surface area contributed by atoms with Crippen molar-refractivity contribution in [3.8, 4) is 0 Å².